The first kappa shape index (κ1) is 37.3. The van der Waals surface area contributed by atoms with Crippen molar-refractivity contribution in [2.75, 3.05) is 7.05 Å². The molecule has 7 aliphatic rings. The van der Waals surface area contributed by atoms with Crippen molar-refractivity contribution in [3.05, 3.63) is 46.5 Å². The van der Waals surface area contributed by atoms with Gasteiger partial charge < -0.3 is 45.5 Å². The Morgan fingerprint density at radius 2 is 1.89 bits per heavy atom. The molecule has 10 heteroatoms. The largest absolute Gasteiger partial charge is 0.454 e. The molecule has 0 aromatic heterocycles. The molecule has 53 heavy (non-hydrogen) atoms. The molecule has 1 aromatic carbocycles. The highest BCUT2D eigenvalue weighted by molar-refractivity contribution is 5.86. The maximum Gasteiger partial charge on any atom is 0.331 e. The van der Waals surface area contributed by atoms with E-state index in [1.54, 1.807) is 6.08 Å². The molecule has 1 aromatic rings. The van der Waals surface area contributed by atoms with Crippen LogP contribution in [0.1, 0.15) is 107 Å². The van der Waals surface area contributed by atoms with Crippen LogP contribution in [0.3, 0.4) is 0 Å². The van der Waals surface area contributed by atoms with E-state index >= 15 is 0 Å². The maximum absolute atomic E-state index is 13.7. The van der Waals surface area contributed by atoms with E-state index in [1.807, 2.05) is 25.2 Å². The fourth-order valence-electron chi connectivity index (χ4n) is 13.7. The van der Waals surface area contributed by atoms with Gasteiger partial charge in [0.2, 0.25) is 0 Å². The van der Waals surface area contributed by atoms with Gasteiger partial charge in [0.25, 0.3) is 0 Å². The number of rotatable bonds is 7. The highest BCUT2D eigenvalue weighted by atomic mass is 16.5. The number of aldehydes is 1. The minimum Gasteiger partial charge on any atom is -0.454 e. The van der Waals surface area contributed by atoms with E-state index in [0.29, 0.717) is 38.5 Å². The van der Waals surface area contributed by atoms with Gasteiger partial charge in [-0.05, 0) is 98.9 Å². The third-order valence-electron chi connectivity index (χ3n) is 16.0. The topological polar surface area (TPSA) is 177 Å². The smallest absolute Gasteiger partial charge is 0.331 e. The summed E-state index contributed by atoms with van der Waals surface area (Å²) in [6.45, 7) is 1.98. The third kappa shape index (κ3) is 5.03. The molecule has 14 atom stereocenters. The SMILES string of the molecule is CCCCCC1CC2(C=O)C3CCC45CCC#Cc6cccc(CO)c6CC(NC)C6CC(CC4(O)C3(O)C(O)CC2(O)CC1O)C5C1=CC(=O)OC16. The monoisotopic (exact) mass is 731 g/mol. The summed E-state index contributed by atoms with van der Waals surface area (Å²) >= 11 is 0. The van der Waals surface area contributed by atoms with E-state index < -0.39 is 57.8 Å². The second-order valence-corrected chi connectivity index (χ2v) is 17.9. The number of esters is 1. The van der Waals surface area contributed by atoms with E-state index in [4.69, 9.17) is 4.74 Å². The van der Waals surface area contributed by atoms with Crippen molar-refractivity contribution >= 4 is 12.3 Å². The first-order chi connectivity index (χ1) is 25.4. The number of aliphatic hydroxyl groups excluding tert-OH is 3. The molecule has 0 amide bonds. The molecule has 8 rings (SSSR count). The molecule has 0 saturated heterocycles. The van der Waals surface area contributed by atoms with Gasteiger partial charge in [-0.2, -0.15) is 0 Å². The fraction of sp³-hybridized carbons (Fsp3) is 0.721. The summed E-state index contributed by atoms with van der Waals surface area (Å²) in [7, 11) is 1.88. The Hall–Kier alpha value is -2.62. The highest BCUT2D eigenvalue weighted by Crippen LogP contribution is 2.76. The van der Waals surface area contributed by atoms with E-state index in [-0.39, 0.29) is 68.4 Å². The van der Waals surface area contributed by atoms with Crippen molar-refractivity contribution in [1.29, 1.82) is 0 Å². The molecule has 14 unspecified atom stereocenters. The van der Waals surface area contributed by atoms with Crippen LogP contribution in [0.4, 0.5) is 0 Å². The lowest BCUT2D eigenvalue weighted by molar-refractivity contribution is -0.352. The van der Waals surface area contributed by atoms with Crippen molar-refractivity contribution in [3.8, 4) is 11.8 Å². The number of aliphatic hydroxyl groups is 6. The Labute approximate surface area is 312 Å². The summed E-state index contributed by atoms with van der Waals surface area (Å²) in [5.74, 6) is 4.38. The summed E-state index contributed by atoms with van der Waals surface area (Å²) in [5.41, 5.74) is -4.91. The number of carbonyl (C=O) groups excluding carboxylic acids is 2. The zero-order chi connectivity index (χ0) is 37.6. The lowest BCUT2D eigenvalue weighted by Crippen LogP contribution is -2.82. The molecular weight excluding hydrogens is 674 g/mol. The average Bonchev–Trinajstić information content (AvgIpc) is 3.64. The summed E-state index contributed by atoms with van der Waals surface area (Å²) in [6.07, 6.45) is 5.39. The first-order valence-corrected chi connectivity index (χ1v) is 20.2. The van der Waals surface area contributed by atoms with Gasteiger partial charge in [-0.25, -0.2) is 4.79 Å². The zero-order valence-electron chi connectivity index (χ0n) is 31.1. The van der Waals surface area contributed by atoms with Crippen molar-refractivity contribution in [3.63, 3.8) is 0 Å². The van der Waals surface area contributed by atoms with Crippen LogP contribution in [0.15, 0.2) is 29.8 Å². The number of ether oxygens (including phenoxy) is 1. The molecule has 1 spiro atoms. The van der Waals surface area contributed by atoms with E-state index in [0.717, 1.165) is 47.8 Å². The number of likely N-dealkylation sites (N-methyl/N-ethyl adjacent to an activating group) is 1. The average molecular weight is 732 g/mol. The van der Waals surface area contributed by atoms with Crippen molar-refractivity contribution in [2.24, 2.45) is 40.4 Å². The molecule has 10 nitrogen and oxygen atoms in total. The van der Waals surface area contributed by atoms with Crippen LogP contribution in [-0.4, -0.2) is 91.1 Å². The maximum atomic E-state index is 13.7. The molecule has 7 N–H and O–H groups in total. The number of hydrogen-bond donors (Lipinski definition) is 7. The molecule has 1 aliphatic heterocycles. The van der Waals surface area contributed by atoms with Crippen molar-refractivity contribution in [2.45, 2.75) is 145 Å². The molecular formula is C43H57NO9. The lowest BCUT2D eigenvalue weighted by atomic mass is 9.37. The molecule has 6 aliphatic carbocycles. The van der Waals surface area contributed by atoms with Crippen molar-refractivity contribution in [1.82, 2.24) is 5.32 Å². The van der Waals surface area contributed by atoms with E-state index in [9.17, 15) is 40.2 Å². The van der Waals surface area contributed by atoms with E-state index in [1.165, 1.54) is 0 Å². The zero-order valence-corrected chi connectivity index (χ0v) is 31.1. The van der Waals surface area contributed by atoms with Crippen LogP contribution < -0.4 is 5.32 Å². The van der Waals surface area contributed by atoms with Gasteiger partial charge in [0.15, 0.2) is 0 Å². The summed E-state index contributed by atoms with van der Waals surface area (Å²) < 4.78 is 6.13. The van der Waals surface area contributed by atoms with E-state index in [2.05, 4.69) is 24.1 Å². The molecule has 288 valence electrons. The second kappa shape index (κ2) is 13.3. The predicted molar refractivity (Wildman–Crippen MR) is 195 cm³/mol. The molecule has 5 saturated carbocycles. The van der Waals surface area contributed by atoms with Gasteiger partial charge in [-0.1, -0.05) is 50.2 Å². The number of fused-ring (bicyclic) bond motifs is 8. The number of hydrogen-bond acceptors (Lipinski definition) is 10. The highest BCUT2D eigenvalue weighted by Gasteiger charge is 2.82. The Morgan fingerprint density at radius 3 is 2.62 bits per heavy atom. The minimum absolute atomic E-state index is 0.0723. The van der Waals surface area contributed by atoms with Crippen LogP contribution in [-0.2, 0) is 27.4 Å². The summed E-state index contributed by atoms with van der Waals surface area (Å²) in [4.78, 5) is 26.9. The Balaban J connectivity index is 1.27. The van der Waals surface area contributed by atoms with Crippen LogP contribution in [0.2, 0.25) is 0 Å². The van der Waals surface area contributed by atoms with Gasteiger partial charge in [0.05, 0.1) is 29.8 Å². The summed E-state index contributed by atoms with van der Waals surface area (Å²) in [5, 5.41) is 76.8. The molecule has 5 fully saturated rings. The fourth-order valence-corrected chi connectivity index (χ4v) is 13.7. The van der Waals surface area contributed by atoms with Crippen LogP contribution in [0, 0.1) is 52.3 Å². The Bertz CT molecular complexity index is 1730. The lowest BCUT2D eigenvalue weighted by Gasteiger charge is -2.70. The molecule has 0 radical (unpaired) electrons. The second-order valence-electron chi connectivity index (χ2n) is 17.9. The van der Waals surface area contributed by atoms with Gasteiger partial charge >= 0.3 is 5.97 Å². The Kier molecular flexibility index (Phi) is 9.33. The molecule has 4 bridgehead atoms. The van der Waals surface area contributed by atoms with Crippen molar-refractivity contribution < 1.29 is 45.0 Å². The number of carbonyl (C=O) groups is 2. The quantitative estimate of drug-likeness (QED) is 0.0956. The van der Waals surface area contributed by atoms with Gasteiger partial charge in [-0.15, -0.1) is 0 Å². The normalized spacial score (nSPS) is 46.8. The van der Waals surface area contributed by atoms with Crippen LogP contribution >= 0.6 is 0 Å². The number of unbranched alkanes of at least 4 members (excludes halogenated alkanes) is 2. The van der Waals surface area contributed by atoms with Gasteiger partial charge in [0, 0.05) is 54.2 Å². The van der Waals surface area contributed by atoms with Crippen LogP contribution in [0.25, 0.3) is 0 Å². The Morgan fingerprint density at radius 1 is 1.08 bits per heavy atom. The molecule has 1 heterocycles. The standard InChI is InChI=1S/C43H57NO9/c1-3-4-5-10-26-19-40(24-46)34-13-15-39-14-7-6-9-25-11-8-12-27(23-45)29(25)17-32(44-2)30-16-28(37(39)31-18-36(49)53-38(30)31)20-42(39,51)43(34,52)35(48)22-41(40,50)21-33(26)47/h8,11-12,18,24,26,28,30,32-35,37-38,44-45,47-48,50-52H,3-5,7,10,13-17,19-23H2,1-2H3. The minimum atomic E-state index is -2.16. The third-order valence-corrected chi connectivity index (χ3v) is 16.0. The van der Waals surface area contributed by atoms with Crippen LogP contribution in [0.5, 0.6) is 0 Å². The van der Waals surface area contributed by atoms with Gasteiger partial charge in [-0.3, -0.25) is 0 Å². The van der Waals surface area contributed by atoms with Gasteiger partial charge in [0.1, 0.15) is 23.6 Å². The first-order valence-electron chi connectivity index (χ1n) is 20.2. The number of benzene rings is 1. The summed E-state index contributed by atoms with van der Waals surface area (Å²) in [6, 6.07) is 5.57. The predicted octanol–water partition coefficient (Wildman–Crippen LogP) is 2.85. The number of nitrogens with one attached hydrogen (secondary N) is 1.